The molecule has 11 heteroatoms. The topological polar surface area (TPSA) is 120 Å². The fraction of sp³-hybridized carbons (Fsp3) is 0.263. The molecule has 0 atom stereocenters. The van der Waals surface area contributed by atoms with Crippen molar-refractivity contribution in [2.24, 2.45) is 0 Å². The predicted molar refractivity (Wildman–Crippen MR) is 104 cm³/mol. The largest absolute Gasteiger partial charge is 0.458 e. The summed E-state index contributed by atoms with van der Waals surface area (Å²) in [5, 5.41) is 4.88. The van der Waals surface area contributed by atoms with Gasteiger partial charge >= 0.3 is 5.97 Å². The van der Waals surface area contributed by atoms with Crippen LogP contribution >= 0.6 is 11.3 Å². The van der Waals surface area contributed by atoms with Crippen LogP contribution in [0.1, 0.15) is 31.4 Å². The number of ether oxygens (including phenoxy) is 2. The molecule has 30 heavy (non-hydrogen) atoms. The average molecular weight is 428 g/mol. The third kappa shape index (κ3) is 3.72. The predicted octanol–water partition coefficient (Wildman–Crippen LogP) is 0.679. The number of amides is 2. The monoisotopic (exact) mass is 428 g/mol. The van der Waals surface area contributed by atoms with Crippen LogP contribution in [0.5, 0.6) is 0 Å². The van der Waals surface area contributed by atoms with Gasteiger partial charge in [0.05, 0.1) is 23.4 Å². The molecule has 3 aromatic rings. The minimum absolute atomic E-state index is 0.248. The smallest absolute Gasteiger partial charge is 0.326 e. The summed E-state index contributed by atoms with van der Waals surface area (Å²) in [7, 11) is 1.58. The first-order valence-corrected chi connectivity index (χ1v) is 9.78. The van der Waals surface area contributed by atoms with Crippen LogP contribution < -0.4 is 5.56 Å². The first kappa shape index (κ1) is 19.9. The van der Waals surface area contributed by atoms with Gasteiger partial charge in [0.1, 0.15) is 18.2 Å². The summed E-state index contributed by atoms with van der Waals surface area (Å²) in [6.07, 6.45) is 0.550. The zero-order chi connectivity index (χ0) is 21.3. The lowest BCUT2D eigenvalue weighted by Gasteiger charge is -2.12. The van der Waals surface area contributed by atoms with E-state index in [0.717, 1.165) is 4.90 Å². The Bertz CT molecular complexity index is 1180. The summed E-state index contributed by atoms with van der Waals surface area (Å²) in [5.41, 5.74) is 0.360. The fourth-order valence-corrected chi connectivity index (χ4v) is 3.87. The van der Waals surface area contributed by atoms with Gasteiger partial charge in [0, 0.05) is 19.6 Å². The lowest BCUT2D eigenvalue weighted by atomic mass is 10.1. The van der Waals surface area contributed by atoms with Gasteiger partial charge in [-0.25, -0.2) is 4.98 Å². The van der Waals surface area contributed by atoms with Gasteiger partial charge in [0.2, 0.25) is 4.96 Å². The Morgan fingerprint density at radius 1 is 1.13 bits per heavy atom. The molecule has 1 aliphatic rings. The Balaban J connectivity index is 1.42. The second-order valence-corrected chi connectivity index (χ2v) is 7.46. The first-order valence-electron chi connectivity index (χ1n) is 8.96. The molecule has 0 spiro atoms. The van der Waals surface area contributed by atoms with Gasteiger partial charge in [-0.15, -0.1) is 0 Å². The maximum Gasteiger partial charge on any atom is 0.326 e. The second-order valence-electron chi connectivity index (χ2n) is 6.42. The van der Waals surface area contributed by atoms with Gasteiger partial charge in [-0.2, -0.15) is 9.61 Å². The molecule has 2 aromatic heterocycles. The summed E-state index contributed by atoms with van der Waals surface area (Å²) >= 11 is 1.24. The van der Waals surface area contributed by atoms with E-state index in [0.29, 0.717) is 23.0 Å². The van der Waals surface area contributed by atoms with Crippen molar-refractivity contribution < 1.29 is 23.9 Å². The van der Waals surface area contributed by atoms with Crippen LogP contribution in [0, 0.1) is 0 Å². The van der Waals surface area contributed by atoms with Crippen molar-refractivity contribution in [3.63, 3.8) is 0 Å². The summed E-state index contributed by atoms with van der Waals surface area (Å²) in [6.45, 7) is -0.314. The van der Waals surface area contributed by atoms with Gasteiger partial charge in [0.15, 0.2) is 0 Å². The maximum atomic E-state index is 12.3. The van der Waals surface area contributed by atoms with E-state index in [1.54, 1.807) is 19.2 Å². The number of rotatable bonds is 7. The number of nitrogens with zero attached hydrogens (tertiary/aromatic N) is 4. The lowest BCUT2D eigenvalue weighted by molar-refractivity contribution is -0.145. The van der Waals surface area contributed by atoms with E-state index >= 15 is 0 Å². The van der Waals surface area contributed by atoms with E-state index in [4.69, 9.17) is 9.47 Å². The molecule has 3 heterocycles. The molecule has 2 amide bonds. The van der Waals surface area contributed by atoms with Crippen molar-refractivity contribution in [3.8, 4) is 0 Å². The van der Waals surface area contributed by atoms with Crippen LogP contribution in [-0.4, -0.2) is 57.5 Å². The molecule has 0 fully saturated rings. The SMILES string of the molecule is COCCc1nn2c(=O)cc(COC(=O)CN3C(=O)c4ccccc4C3=O)nc2s1. The summed E-state index contributed by atoms with van der Waals surface area (Å²) < 4.78 is 11.3. The van der Waals surface area contributed by atoms with Crippen LogP contribution in [0.4, 0.5) is 0 Å². The molecule has 0 unspecified atom stereocenters. The van der Waals surface area contributed by atoms with Gasteiger partial charge in [0.25, 0.3) is 17.4 Å². The zero-order valence-electron chi connectivity index (χ0n) is 15.9. The Kier molecular flexibility index (Phi) is 5.38. The minimum Gasteiger partial charge on any atom is -0.458 e. The van der Waals surface area contributed by atoms with Crippen LogP contribution in [-0.2, 0) is 27.3 Å². The second kappa shape index (κ2) is 8.13. The first-order chi connectivity index (χ1) is 14.5. The van der Waals surface area contributed by atoms with Crippen molar-refractivity contribution in [2.75, 3.05) is 20.3 Å². The number of fused-ring (bicyclic) bond motifs is 2. The highest BCUT2D eigenvalue weighted by atomic mass is 32.1. The van der Waals surface area contributed by atoms with Crippen LogP contribution in [0.15, 0.2) is 35.1 Å². The van der Waals surface area contributed by atoms with Crippen LogP contribution in [0.3, 0.4) is 0 Å². The molecule has 0 saturated heterocycles. The molecule has 0 saturated carbocycles. The molecular weight excluding hydrogens is 412 g/mol. The van der Waals surface area contributed by atoms with Gasteiger partial charge in [-0.3, -0.25) is 24.1 Å². The zero-order valence-corrected chi connectivity index (χ0v) is 16.7. The minimum atomic E-state index is -0.781. The number of methoxy groups -OCH3 is 1. The summed E-state index contributed by atoms with van der Waals surface area (Å²) in [4.78, 5) is 54.5. The van der Waals surface area contributed by atoms with Crippen molar-refractivity contribution in [3.05, 3.63) is 62.5 Å². The highest BCUT2D eigenvalue weighted by Crippen LogP contribution is 2.22. The fourth-order valence-electron chi connectivity index (χ4n) is 2.97. The number of carbonyl (C=O) groups excluding carboxylic acids is 3. The average Bonchev–Trinajstić information content (AvgIpc) is 3.26. The third-order valence-electron chi connectivity index (χ3n) is 4.41. The Labute approximate surface area is 173 Å². The molecule has 1 aliphatic heterocycles. The Morgan fingerprint density at radius 3 is 2.50 bits per heavy atom. The molecular formula is C19H16N4O6S. The highest BCUT2D eigenvalue weighted by molar-refractivity contribution is 7.16. The summed E-state index contributed by atoms with van der Waals surface area (Å²) in [6, 6.07) is 7.58. The number of esters is 1. The number of hydrogen-bond acceptors (Lipinski definition) is 9. The number of imide groups is 1. The quantitative estimate of drug-likeness (QED) is 0.398. The molecule has 4 rings (SSSR count). The van der Waals surface area contributed by atoms with Crippen molar-refractivity contribution in [1.29, 1.82) is 0 Å². The van der Waals surface area contributed by atoms with Crippen molar-refractivity contribution in [2.45, 2.75) is 13.0 Å². The molecule has 10 nitrogen and oxygen atoms in total. The van der Waals surface area contributed by atoms with Crippen molar-refractivity contribution in [1.82, 2.24) is 19.5 Å². The molecule has 154 valence electrons. The van der Waals surface area contributed by atoms with E-state index in [-0.39, 0.29) is 23.4 Å². The van der Waals surface area contributed by atoms with Gasteiger partial charge in [-0.1, -0.05) is 23.5 Å². The lowest BCUT2D eigenvalue weighted by Crippen LogP contribution is -2.35. The van der Waals surface area contributed by atoms with E-state index in [1.165, 1.54) is 34.1 Å². The normalized spacial score (nSPS) is 13.2. The maximum absolute atomic E-state index is 12.3. The number of benzene rings is 1. The molecule has 0 bridgehead atoms. The number of aromatic nitrogens is 3. The number of carbonyl (C=O) groups is 3. The van der Waals surface area contributed by atoms with E-state index < -0.39 is 29.9 Å². The molecule has 0 aliphatic carbocycles. The number of hydrogen-bond donors (Lipinski definition) is 0. The highest BCUT2D eigenvalue weighted by Gasteiger charge is 2.36. The molecule has 1 aromatic carbocycles. The standard InChI is InChI=1S/C19H16N4O6S/c1-28-7-6-14-21-23-15(24)8-11(20-19(23)30-14)10-29-16(25)9-22-17(26)12-4-2-3-5-13(12)18(22)27/h2-5,8H,6-7,9-10H2,1H3. The van der Waals surface area contributed by atoms with Crippen molar-refractivity contribution >= 4 is 34.1 Å². The summed E-state index contributed by atoms with van der Waals surface area (Å²) in [5.74, 6) is -1.87. The van der Waals surface area contributed by atoms with E-state index in [1.807, 2.05) is 0 Å². The molecule has 0 radical (unpaired) electrons. The molecule has 0 N–H and O–H groups in total. The Hall–Kier alpha value is -3.44. The third-order valence-corrected chi connectivity index (χ3v) is 5.37. The van der Waals surface area contributed by atoms with Gasteiger partial charge in [-0.05, 0) is 12.1 Å². The van der Waals surface area contributed by atoms with Crippen LogP contribution in [0.25, 0.3) is 4.96 Å². The Morgan fingerprint density at radius 2 is 1.83 bits per heavy atom. The van der Waals surface area contributed by atoms with E-state index in [2.05, 4.69) is 10.1 Å². The van der Waals surface area contributed by atoms with E-state index in [9.17, 15) is 19.2 Å². The van der Waals surface area contributed by atoms with Gasteiger partial charge < -0.3 is 9.47 Å². The van der Waals surface area contributed by atoms with Crippen LogP contribution in [0.2, 0.25) is 0 Å².